The highest BCUT2D eigenvalue weighted by molar-refractivity contribution is 6.33. The maximum atomic E-state index is 8.74. The summed E-state index contributed by atoms with van der Waals surface area (Å²) in [5, 5.41) is 10.2. The molecule has 0 aliphatic carbocycles. The number of ether oxygens (including phenoxy) is 1. The van der Waals surface area contributed by atoms with Gasteiger partial charge in [-0.05, 0) is 43.0 Å². The van der Waals surface area contributed by atoms with E-state index in [4.69, 9.17) is 33.0 Å². The van der Waals surface area contributed by atoms with E-state index >= 15 is 0 Å². The van der Waals surface area contributed by atoms with Gasteiger partial charge >= 0.3 is 0 Å². The van der Waals surface area contributed by atoms with Gasteiger partial charge in [-0.15, -0.1) is 0 Å². The van der Waals surface area contributed by atoms with Crippen molar-refractivity contribution in [2.24, 2.45) is 0 Å². The molecule has 2 rings (SSSR count). The van der Waals surface area contributed by atoms with E-state index in [2.05, 4.69) is 4.90 Å². The number of nitrogens with zero attached hydrogens (tertiary/aromatic N) is 1. The smallest absolute Gasteiger partial charge is 0.0599 e. The largest absolute Gasteiger partial charge is 0.396 e. The second-order valence-corrected chi connectivity index (χ2v) is 6.00. The van der Waals surface area contributed by atoms with Crippen LogP contribution >= 0.6 is 23.2 Å². The quantitative estimate of drug-likeness (QED) is 0.817. The number of hydrogen-bond acceptors (Lipinski definition) is 3. The van der Waals surface area contributed by atoms with Crippen LogP contribution < -0.4 is 0 Å². The van der Waals surface area contributed by atoms with Crippen LogP contribution in [0.5, 0.6) is 0 Å². The number of aliphatic hydroxyl groups is 1. The van der Waals surface area contributed by atoms with Crippen LogP contribution in [0.4, 0.5) is 0 Å². The van der Waals surface area contributed by atoms with E-state index in [1.54, 1.807) is 0 Å². The number of benzene rings is 1. The van der Waals surface area contributed by atoms with Gasteiger partial charge in [-0.25, -0.2) is 0 Å². The number of aliphatic hydroxyl groups excluding tert-OH is 1. The third-order valence-corrected chi connectivity index (χ3v) is 4.20. The van der Waals surface area contributed by atoms with Crippen molar-refractivity contribution >= 4 is 23.2 Å². The van der Waals surface area contributed by atoms with Gasteiger partial charge in [0.1, 0.15) is 0 Å². The van der Waals surface area contributed by atoms with Gasteiger partial charge in [0.25, 0.3) is 0 Å². The van der Waals surface area contributed by atoms with Gasteiger partial charge in [0, 0.05) is 42.9 Å². The zero-order valence-corrected chi connectivity index (χ0v) is 13.0. The average molecular weight is 318 g/mol. The molecule has 0 unspecified atom stereocenters. The lowest BCUT2D eigenvalue weighted by Gasteiger charge is -2.32. The van der Waals surface area contributed by atoms with E-state index in [9.17, 15) is 0 Å². The highest BCUT2D eigenvalue weighted by Gasteiger charge is 2.20. The maximum absolute atomic E-state index is 8.74. The Kier molecular flexibility index (Phi) is 6.59. The predicted molar refractivity (Wildman–Crippen MR) is 82.4 cm³/mol. The third kappa shape index (κ3) is 4.90. The molecule has 1 aromatic rings. The van der Waals surface area contributed by atoms with Crippen molar-refractivity contribution in [3.05, 3.63) is 33.8 Å². The highest BCUT2D eigenvalue weighted by Crippen LogP contribution is 2.24. The lowest BCUT2D eigenvalue weighted by Crippen LogP contribution is -2.36. The van der Waals surface area contributed by atoms with E-state index in [-0.39, 0.29) is 6.61 Å². The minimum atomic E-state index is 0.201. The number of hydrogen-bond donors (Lipinski definition) is 1. The zero-order chi connectivity index (χ0) is 14.4. The molecule has 0 spiro atoms. The topological polar surface area (TPSA) is 32.7 Å². The van der Waals surface area contributed by atoms with Crippen molar-refractivity contribution in [2.75, 3.05) is 26.3 Å². The summed E-state index contributed by atoms with van der Waals surface area (Å²) >= 11 is 12.2. The monoisotopic (exact) mass is 317 g/mol. The minimum absolute atomic E-state index is 0.201. The molecule has 0 radical (unpaired) electrons. The summed E-state index contributed by atoms with van der Waals surface area (Å²) in [6.07, 6.45) is 3.11. The number of halogens is 2. The molecule has 0 amide bonds. The molecule has 0 saturated carbocycles. The molecule has 1 N–H and O–H groups in total. The molecule has 1 saturated heterocycles. The SMILES string of the molecule is OCCCOC1CCN(Cc2cc(Cl)ccc2Cl)CC1. The van der Waals surface area contributed by atoms with Crippen molar-refractivity contribution in [3.8, 4) is 0 Å². The average Bonchev–Trinajstić information content (AvgIpc) is 2.45. The van der Waals surface area contributed by atoms with Crippen LogP contribution in [0.3, 0.4) is 0 Å². The molecule has 1 aromatic carbocycles. The molecule has 1 heterocycles. The van der Waals surface area contributed by atoms with Crippen molar-refractivity contribution in [3.63, 3.8) is 0 Å². The molecule has 0 aromatic heterocycles. The molecular weight excluding hydrogens is 297 g/mol. The molecule has 112 valence electrons. The van der Waals surface area contributed by atoms with Gasteiger partial charge in [0.2, 0.25) is 0 Å². The van der Waals surface area contributed by atoms with Gasteiger partial charge in [0.05, 0.1) is 6.10 Å². The molecule has 1 aliphatic heterocycles. The van der Waals surface area contributed by atoms with Crippen LogP contribution in [-0.2, 0) is 11.3 Å². The normalized spacial score (nSPS) is 17.6. The molecule has 1 aliphatic rings. The van der Waals surface area contributed by atoms with E-state index in [0.29, 0.717) is 12.7 Å². The predicted octanol–water partition coefficient (Wildman–Crippen LogP) is 3.36. The maximum Gasteiger partial charge on any atom is 0.0599 e. The molecule has 1 fully saturated rings. The van der Waals surface area contributed by atoms with Gasteiger partial charge < -0.3 is 9.84 Å². The number of piperidine rings is 1. The summed E-state index contributed by atoms with van der Waals surface area (Å²) < 4.78 is 5.73. The molecular formula is C15H21Cl2NO2. The fourth-order valence-electron chi connectivity index (χ4n) is 2.45. The van der Waals surface area contributed by atoms with Crippen LogP contribution in [-0.4, -0.2) is 42.4 Å². The van der Waals surface area contributed by atoms with Gasteiger partial charge in [0.15, 0.2) is 0 Å². The first-order chi connectivity index (χ1) is 9.69. The second-order valence-electron chi connectivity index (χ2n) is 5.16. The fraction of sp³-hybridized carbons (Fsp3) is 0.600. The Hall–Kier alpha value is -0.320. The summed E-state index contributed by atoms with van der Waals surface area (Å²) in [6.45, 7) is 3.70. The zero-order valence-electron chi connectivity index (χ0n) is 11.5. The van der Waals surface area contributed by atoms with Crippen molar-refractivity contribution < 1.29 is 9.84 Å². The standard InChI is InChI=1S/C15H21Cl2NO2/c16-13-2-3-15(17)12(10-13)11-18-6-4-14(5-7-18)20-9-1-8-19/h2-3,10,14,19H,1,4-9,11H2. The van der Waals surface area contributed by atoms with E-state index < -0.39 is 0 Å². The van der Waals surface area contributed by atoms with Gasteiger partial charge in [-0.3, -0.25) is 4.90 Å². The lowest BCUT2D eigenvalue weighted by atomic mass is 10.1. The van der Waals surface area contributed by atoms with Crippen LogP contribution in [0.25, 0.3) is 0 Å². The van der Waals surface area contributed by atoms with E-state index in [0.717, 1.165) is 54.5 Å². The Bertz CT molecular complexity index is 420. The fourth-order valence-corrected chi connectivity index (χ4v) is 2.83. The van der Waals surface area contributed by atoms with Gasteiger partial charge in [-0.2, -0.15) is 0 Å². The summed E-state index contributed by atoms with van der Waals surface area (Å²) in [5.41, 5.74) is 1.08. The summed E-state index contributed by atoms with van der Waals surface area (Å²) in [7, 11) is 0. The Morgan fingerprint density at radius 2 is 2.00 bits per heavy atom. The van der Waals surface area contributed by atoms with Gasteiger partial charge in [-0.1, -0.05) is 23.2 Å². The third-order valence-electron chi connectivity index (χ3n) is 3.59. The van der Waals surface area contributed by atoms with E-state index in [1.165, 1.54) is 0 Å². The summed E-state index contributed by atoms with van der Waals surface area (Å²) in [4.78, 5) is 2.38. The van der Waals surface area contributed by atoms with Crippen molar-refractivity contribution in [2.45, 2.75) is 31.9 Å². The highest BCUT2D eigenvalue weighted by atomic mass is 35.5. The molecule has 0 bridgehead atoms. The minimum Gasteiger partial charge on any atom is -0.396 e. The van der Waals surface area contributed by atoms with Crippen LogP contribution in [0.15, 0.2) is 18.2 Å². The second kappa shape index (κ2) is 8.20. The Labute approximate surface area is 130 Å². The number of rotatable bonds is 6. The van der Waals surface area contributed by atoms with Crippen molar-refractivity contribution in [1.29, 1.82) is 0 Å². The lowest BCUT2D eigenvalue weighted by molar-refractivity contribution is 0.000792. The van der Waals surface area contributed by atoms with E-state index in [1.807, 2.05) is 18.2 Å². The molecule has 0 atom stereocenters. The number of likely N-dealkylation sites (tertiary alicyclic amines) is 1. The van der Waals surface area contributed by atoms with Crippen molar-refractivity contribution in [1.82, 2.24) is 4.90 Å². The molecule has 3 nitrogen and oxygen atoms in total. The Balaban J connectivity index is 1.78. The summed E-state index contributed by atoms with van der Waals surface area (Å²) in [6, 6.07) is 5.60. The first-order valence-corrected chi connectivity index (χ1v) is 7.83. The first kappa shape index (κ1) is 16.1. The molecule has 5 heteroatoms. The summed E-state index contributed by atoms with van der Waals surface area (Å²) in [5.74, 6) is 0. The van der Waals surface area contributed by atoms with Crippen LogP contribution in [0, 0.1) is 0 Å². The van der Waals surface area contributed by atoms with Crippen LogP contribution in [0.1, 0.15) is 24.8 Å². The first-order valence-electron chi connectivity index (χ1n) is 7.08. The Morgan fingerprint density at radius 1 is 1.25 bits per heavy atom. The Morgan fingerprint density at radius 3 is 2.70 bits per heavy atom. The van der Waals surface area contributed by atoms with Crippen LogP contribution in [0.2, 0.25) is 10.0 Å². The molecule has 20 heavy (non-hydrogen) atoms.